The molecule has 0 unspecified atom stereocenters. The molecule has 0 amide bonds. The third-order valence-electron chi connectivity index (χ3n) is 12.0. The topological polar surface area (TPSA) is 77.3 Å². The van der Waals surface area contributed by atoms with E-state index in [1.165, 1.54) is 0 Å². The highest BCUT2D eigenvalue weighted by atomic mass is 14.9. The molecule has 12 aromatic rings. The lowest BCUT2D eigenvalue weighted by Gasteiger charge is -2.13. The first-order valence-corrected chi connectivity index (χ1v) is 21.3. The Bertz CT molecular complexity index is 3270. The minimum atomic E-state index is 0.649. The predicted octanol–water partition coefficient (Wildman–Crippen LogP) is 14.3. The molecule has 4 aromatic heterocycles. The lowest BCUT2D eigenvalue weighted by atomic mass is 9.99. The molecule has 0 aliphatic heterocycles. The maximum absolute atomic E-state index is 5.22. The minimum absolute atomic E-state index is 0.649. The van der Waals surface area contributed by atoms with Crippen LogP contribution >= 0.6 is 0 Å². The Kier molecular flexibility index (Phi) is 9.05. The van der Waals surface area contributed by atoms with Gasteiger partial charge in [-0.15, -0.1) is 0 Å². The Balaban J connectivity index is 0.925. The molecule has 8 aromatic carbocycles. The van der Waals surface area contributed by atoms with Crippen LogP contribution in [0.2, 0.25) is 0 Å². The quantitative estimate of drug-likeness (QED) is 0.159. The Hall–Kier alpha value is -8.74. The highest BCUT2D eigenvalue weighted by Crippen LogP contribution is 2.37. The summed E-state index contributed by atoms with van der Waals surface area (Å²) in [7, 11) is 0. The van der Waals surface area contributed by atoms with Crippen LogP contribution in [0.25, 0.3) is 122 Å². The summed E-state index contributed by atoms with van der Waals surface area (Å²) in [6.07, 6.45) is 3.67. The van der Waals surface area contributed by atoms with E-state index in [0.717, 1.165) is 111 Å². The van der Waals surface area contributed by atoms with Gasteiger partial charge in [0.1, 0.15) is 0 Å². The zero-order chi connectivity index (χ0) is 42.4. The first-order valence-electron chi connectivity index (χ1n) is 21.3. The van der Waals surface area contributed by atoms with Crippen molar-refractivity contribution in [3.63, 3.8) is 0 Å². The molecular weight excluding hydrogens is 781 g/mol. The predicted molar refractivity (Wildman–Crippen MR) is 261 cm³/mol. The van der Waals surface area contributed by atoms with Crippen LogP contribution in [-0.4, -0.2) is 29.9 Å². The first kappa shape index (κ1) is 37.1. The van der Waals surface area contributed by atoms with Crippen LogP contribution in [0.15, 0.2) is 219 Å². The summed E-state index contributed by atoms with van der Waals surface area (Å²) in [5.74, 6) is 1.30. The Morgan fingerprint density at radius 2 is 0.578 bits per heavy atom. The summed E-state index contributed by atoms with van der Waals surface area (Å²) in [5, 5.41) is 6.74. The van der Waals surface area contributed by atoms with Crippen LogP contribution in [0.5, 0.6) is 0 Å². The molecule has 0 saturated carbocycles. The van der Waals surface area contributed by atoms with Crippen molar-refractivity contribution in [2.24, 2.45) is 0 Å². The van der Waals surface area contributed by atoms with Crippen molar-refractivity contribution in [3.05, 3.63) is 219 Å². The smallest absolute Gasteiger partial charge is 0.160 e. The number of pyridine rings is 2. The van der Waals surface area contributed by atoms with E-state index < -0.39 is 0 Å². The molecule has 0 bridgehead atoms. The van der Waals surface area contributed by atoms with Crippen LogP contribution in [0.1, 0.15) is 0 Å². The lowest BCUT2D eigenvalue weighted by Crippen LogP contribution is -1.97. The van der Waals surface area contributed by atoms with Crippen LogP contribution < -0.4 is 0 Å². The van der Waals surface area contributed by atoms with Gasteiger partial charge in [-0.1, -0.05) is 182 Å². The second kappa shape index (κ2) is 15.6. The molecule has 6 nitrogen and oxygen atoms in total. The summed E-state index contributed by atoms with van der Waals surface area (Å²) in [6.45, 7) is 0. The number of hydrogen-bond acceptors (Lipinski definition) is 6. The highest BCUT2D eigenvalue weighted by Gasteiger charge is 2.17. The number of hydrogen-bond donors (Lipinski definition) is 0. The fraction of sp³-hybridized carbons (Fsp3) is 0. The summed E-state index contributed by atoms with van der Waals surface area (Å²) >= 11 is 0. The van der Waals surface area contributed by atoms with Crippen molar-refractivity contribution in [1.29, 1.82) is 0 Å². The summed E-state index contributed by atoms with van der Waals surface area (Å²) in [4.78, 5) is 30.4. The molecule has 0 atom stereocenters. The van der Waals surface area contributed by atoms with Crippen LogP contribution in [-0.2, 0) is 0 Å². The Morgan fingerprint density at radius 3 is 1.02 bits per heavy atom. The standard InChI is InChI=1S/C58H36N6/c1-3-19-45-39(11-1)13-5-21-47(45)51-35-53(49-23-7-15-41-17-9-33-59-55(41)49)63-57(61-51)43-29-25-37(26-30-43)38-27-31-44(32-28-38)58-62-52(48-22-6-14-40-12-2-4-20-46(40)48)36-54(64-58)50-24-8-16-42-18-10-34-60-56(42)50/h1-36H. The fourth-order valence-corrected chi connectivity index (χ4v) is 8.85. The second-order valence-electron chi connectivity index (χ2n) is 15.9. The fourth-order valence-electron chi connectivity index (χ4n) is 8.85. The van der Waals surface area contributed by atoms with E-state index in [1.807, 2.05) is 24.5 Å². The summed E-state index contributed by atoms with van der Waals surface area (Å²) < 4.78 is 0. The summed E-state index contributed by atoms with van der Waals surface area (Å²) in [6, 6.07) is 71.4. The van der Waals surface area contributed by atoms with Gasteiger partial charge in [0.05, 0.1) is 33.8 Å². The van der Waals surface area contributed by atoms with E-state index in [9.17, 15) is 0 Å². The average Bonchev–Trinajstić information content (AvgIpc) is 3.38. The molecule has 0 spiro atoms. The van der Waals surface area contributed by atoms with Crippen molar-refractivity contribution in [2.75, 3.05) is 0 Å². The monoisotopic (exact) mass is 816 g/mol. The molecule has 6 heteroatoms. The van der Waals surface area contributed by atoms with E-state index in [1.54, 1.807) is 0 Å². The van der Waals surface area contributed by atoms with Crippen LogP contribution in [0.4, 0.5) is 0 Å². The molecule has 0 aliphatic rings. The maximum Gasteiger partial charge on any atom is 0.160 e. The molecule has 298 valence electrons. The van der Waals surface area contributed by atoms with E-state index in [4.69, 9.17) is 29.9 Å². The molecule has 0 N–H and O–H groups in total. The van der Waals surface area contributed by atoms with Gasteiger partial charge in [-0.05, 0) is 56.9 Å². The highest BCUT2D eigenvalue weighted by molar-refractivity contribution is 6.00. The third kappa shape index (κ3) is 6.71. The van der Waals surface area contributed by atoms with Crippen molar-refractivity contribution in [3.8, 4) is 78.9 Å². The number of nitrogens with zero attached hydrogens (tertiary/aromatic N) is 6. The van der Waals surface area contributed by atoms with Gasteiger partial charge in [0.2, 0.25) is 0 Å². The van der Waals surface area contributed by atoms with Gasteiger partial charge in [-0.2, -0.15) is 0 Å². The molecular formula is C58H36N6. The third-order valence-corrected chi connectivity index (χ3v) is 12.0. The molecule has 0 saturated heterocycles. The van der Waals surface area contributed by atoms with Gasteiger partial charge in [0.15, 0.2) is 11.6 Å². The molecule has 0 aliphatic carbocycles. The van der Waals surface area contributed by atoms with E-state index >= 15 is 0 Å². The second-order valence-corrected chi connectivity index (χ2v) is 15.9. The van der Waals surface area contributed by atoms with Crippen molar-refractivity contribution < 1.29 is 0 Å². The largest absolute Gasteiger partial charge is 0.256 e. The lowest BCUT2D eigenvalue weighted by molar-refractivity contribution is 1.18. The van der Waals surface area contributed by atoms with Crippen LogP contribution in [0, 0.1) is 0 Å². The molecule has 12 rings (SSSR count). The zero-order valence-corrected chi connectivity index (χ0v) is 34.5. The number of fused-ring (bicyclic) bond motifs is 4. The van der Waals surface area contributed by atoms with Gasteiger partial charge in [0.25, 0.3) is 0 Å². The van der Waals surface area contributed by atoms with Crippen LogP contribution in [0.3, 0.4) is 0 Å². The van der Waals surface area contributed by atoms with Gasteiger partial charge in [-0.3, -0.25) is 9.97 Å². The molecule has 64 heavy (non-hydrogen) atoms. The Morgan fingerprint density at radius 1 is 0.250 bits per heavy atom. The van der Waals surface area contributed by atoms with Gasteiger partial charge in [-0.25, -0.2) is 19.9 Å². The van der Waals surface area contributed by atoms with E-state index in [2.05, 4.69) is 194 Å². The number of rotatable bonds is 7. The van der Waals surface area contributed by atoms with E-state index in [-0.39, 0.29) is 0 Å². The maximum atomic E-state index is 5.22. The number of benzene rings is 8. The van der Waals surface area contributed by atoms with Crippen molar-refractivity contribution >= 4 is 43.4 Å². The average molecular weight is 817 g/mol. The van der Waals surface area contributed by atoms with Gasteiger partial charge in [0, 0.05) is 56.5 Å². The van der Waals surface area contributed by atoms with Crippen molar-refractivity contribution in [1.82, 2.24) is 29.9 Å². The molecule has 4 heterocycles. The van der Waals surface area contributed by atoms with Crippen molar-refractivity contribution in [2.45, 2.75) is 0 Å². The number of para-hydroxylation sites is 2. The SMILES string of the molecule is c1ccc2c(-c3cc(-c4cccc5cccnc45)nc(-c4ccc(-c5ccc(-c6nc(-c7cccc8ccccc78)cc(-c7cccc8cccnc78)n6)cc5)cc4)n3)cccc2c1. The normalized spacial score (nSPS) is 11.4. The molecule has 0 radical (unpaired) electrons. The number of aromatic nitrogens is 6. The minimum Gasteiger partial charge on any atom is -0.256 e. The summed E-state index contributed by atoms with van der Waals surface area (Å²) in [5.41, 5.74) is 13.2. The Labute approximate surface area is 369 Å². The van der Waals surface area contributed by atoms with Gasteiger partial charge < -0.3 is 0 Å². The zero-order valence-electron chi connectivity index (χ0n) is 34.5. The molecule has 0 fully saturated rings. The van der Waals surface area contributed by atoms with E-state index in [0.29, 0.717) is 11.6 Å². The first-order chi connectivity index (χ1) is 31.7. The van der Waals surface area contributed by atoms with Gasteiger partial charge >= 0.3 is 0 Å².